The van der Waals surface area contributed by atoms with Crippen LogP contribution in [0.5, 0.6) is 0 Å². The number of hydrogen-bond donors (Lipinski definition) is 3. The lowest BCUT2D eigenvalue weighted by atomic mass is 10.2. The van der Waals surface area contributed by atoms with E-state index < -0.39 is 21.0 Å². The molecule has 0 atom stereocenters. The summed E-state index contributed by atoms with van der Waals surface area (Å²) in [6.07, 6.45) is 0. The maximum Gasteiger partial charge on any atom is 0.337 e. The molecule has 15 heavy (non-hydrogen) atoms. The fourth-order valence-electron chi connectivity index (χ4n) is 0.959. The number of anilines is 1. The first-order chi connectivity index (χ1) is 6.73. The molecule has 0 aliphatic rings. The van der Waals surface area contributed by atoms with Crippen molar-refractivity contribution in [1.29, 1.82) is 0 Å². The van der Waals surface area contributed by atoms with Crippen LogP contribution in [0.1, 0.15) is 10.4 Å². The molecule has 0 heterocycles. The van der Waals surface area contributed by atoms with E-state index in [4.69, 9.17) is 27.0 Å². The van der Waals surface area contributed by atoms with Crippen LogP contribution in [0.3, 0.4) is 0 Å². The first-order valence-electron chi connectivity index (χ1n) is 3.53. The highest BCUT2D eigenvalue weighted by Gasteiger charge is 2.19. The van der Waals surface area contributed by atoms with E-state index in [0.717, 1.165) is 12.1 Å². The van der Waals surface area contributed by atoms with Crippen LogP contribution in [-0.2, 0) is 10.1 Å². The summed E-state index contributed by atoms with van der Waals surface area (Å²) in [4.78, 5) is 9.97. The molecule has 0 aliphatic carbocycles. The van der Waals surface area contributed by atoms with E-state index in [9.17, 15) is 13.2 Å². The second-order valence-electron chi connectivity index (χ2n) is 2.65. The predicted molar refractivity (Wildman–Crippen MR) is 52.6 cm³/mol. The molecule has 0 spiro atoms. The van der Waals surface area contributed by atoms with Gasteiger partial charge in [0.05, 0.1) is 16.3 Å². The first-order valence-corrected chi connectivity index (χ1v) is 5.35. The number of aromatic carboxylic acids is 1. The van der Waals surface area contributed by atoms with Crippen molar-refractivity contribution in [3.05, 3.63) is 22.7 Å². The summed E-state index contributed by atoms with van der Waals surface area (Å²) in [5, 5.41) is 8.32. The van der Waals surface area contributed by atoms with E-state index in [1.807, 2.05) is 0 Å². The molecule has 0 saturated carbocycles. The number of halogens is 1. The van der Waals surface area contributed by atoms with Gasteiger partial charge in [0.25, 0.3) is 10.1 Å². The first kappa shape index (κ1) is 11.8. The normalized spacial score (nSPS) is 11.3. The summed E-state index contributed by atoms with van der Waals surface area (Å²) in [5.74, 6) is -1.34. The Morgan fingerprint density at radius 1 is 1.40 bits per heavy atom. The number of benzene rings is 1. The van der Waals surface area contributed by atoms with Crippen molar-refractivity contribution in [2.24, 2.45) is 0 Å². The third-order valence-electron chi connectivity index (χ3n) is 1.61. The smallest absolute Gasteiger partial charge is 0.337 e. The van der Waals surface area contributed by atoms with Gasteiger partial charge in [-0.15, -0.1) is 0 Å². The quantitative estimate of drug-likeness (QED) is 0.530. The predicted octanol–water partition coefficient (Wildman–Crippen LogP) is 0.867. The van der Waals surface area contributed by atoms with E-state index in [0.29, 0.717) is 0 Å². The summed E-state index contributed by atoms with van der Waals surface area (Å²) < 4.78 is 30.2. The van der Waals surface area contributed by atoms with Crippen molar-refractivity contribution in [3.8, 4) is 0 Å². The maximum absolute atomic E-state index is 10.8. The van der Waals surface area contributed by atoms with Gasteiger partial charge < -0.3 is 10.8 Å². The van der Waals surface area contributed by atoms with Gasteiger partial charge in [-0.2, -0.15) is 8.42 Å². The number of nitrogen functional groups attached to an aromatic ring is 1. The number of rotatable bonds is 2. The SMILES string of the molecule is Nc1cc(C(=O)O)c(Cl)cc1S(=O)(=O)O. The lowest BCUT2D eigenvalue weighted by Crippen LogP contribution is -2.06. The monoisotopic (exact) mass is 251 g/mol. The molecule has 0 radical (unpaired) electrons. The molecule has 0 fully saturated rings. The van der Waals surface area contributed by atoms with Gasteiger partial charge in [-0.25, -0.2) is 4.79 Å². The minimum absolute atomic E-state index is 0.315. The van der Waals surface area contributed by atoms with Crippen LogP contribution in [0.15, 0.2) is 17.0 Å². The molecular formula is C7H6ClNO5S. The van der Waals surface area contributed by atoms with Crippen LogP contribution in [0, 0.1) is 0 Å². The molecule has 0 unspecified atom stereocenters. The minimum atomic E-state index is -4.50. The van der Waals surface area contributed by atoms with E-state index in [2.05, 4.69) is 0 Å². The fourth-order valence-corrected chi connectivity index (χ4v) is 1.89. The zero-order valence-electron chi connectivity index (χ0n) is 7.14. The summed E-state index contributed by atoms with van der Waals surface area (Å²) in [6.45, 7) is 0. The Balaban J connectivity index is 3.52. The number of carbonyl (C=O) groups is 1. The van der Waals surface area contributed by atoms with Crippen molar-refractivity contribution in [2.75, 3.05) is 5.73 Å². The van der Waals surface area contributed by atoms with Crippen LogP contribution >= 0.6 is 11.6 Å². The van der Waals surface area contributed by atoms with Gasteiger partial charge >= 0.3 is 5.97 Å². The Bertz CT molecular complexity index is 524. The van der Waals surface area contributed by atoms with E-state index >= 15 is 0 Å². The van der Waals surface area contributed by atoms with Crippen LogP contribution in [0.4, 0.5) is 5.69 Å². The zero-order chi connectivity index (χ0) is 11.8. The molecular weight excluding hydrogens is 246 g/mol. The van der Waals surface area contributed by atoms with Gasteiger partial charge in [-0.05, 0) is 12.1 Å². The zero-order valence-corrected chi connectivity index (χ0v) is 8.71. The van der Waals surface area contributed by atoms with Gasteiger partial charge in [0.2, 0.25) is 0 Å². The Morgan fingerprint density at radius 2 is 1.93 bits per heavy atom. The molecule has 0 saturated heterocycles. The number of nitrogens with two attached hydrogens (primary N) is 1. The van der Waals surface area contributed by atoms with Gasteiger partial charge in [0, 0.05) is 0 Å². The van der Waals surface area contributed by atoms with E-state index in [1.54, 1.807) is 0 Å². The highest BCUT2D eigenvalue weighted by Crippen LogP contribution is 2.26. The molecule has 0 aromatic heterocycles. The Morgan fingerprint density at radius 3 is 2.33 bits per heavy atom. The molecule has 0 amide bonds. The standard InChI is InChI=1S/C7H6ClNO5S/c8-4-2-6(15(12,13)14)5(9)1-3(4)7(10)11/h1-2H,9H2,(H,10,11)(H,12,13,14). The number of hydrogen-bond acceptors (Lipinski definition) is 4. The Hall–Kier alpha value is -1.31. The molecule has 1 rings (SSSR count). The molecule has 1 aromatic rings. The summed E-state index contributed by atoms with van der Waals surface area (Å²) in [5.41, 5.74) is 4.55. The largest absolute Gasteiger partial charge is 0.478 e. The fraction of sp³-hybridized carbons (Fsp3) is 0. The molecule has 1 aromatic carbocycles. The minimum Gasteiger partial charge on any atom is -0.478 e. The average Bonchev–Trinajstić information content (AvgIpc) is 2.06. The van der Waals surface area contributed by atoms with Crippen molar-refractivity contribution in [3.63, 3.8) is 0 Å². The molecule has 4 N–H and O–H groups in total. The van der Waals surface area contributed by atoms with Crippen molar-refractivity contribution < 1.29 is 22.9 Å². The maximum atomic E-state index is 10.8. The lowest BCUT2D eigenvalue weighted by Gasteiger charge is -2.05. The summed E-state index contributed by atoms with van der Waals surface area (Å²) in [7, 11) is -4.50. The van der Waals surface area contributed by atoms with Gasteiger partial charge in [-0.3, -0.25) is 4.55 Å². The average molecular weight is 252 g/mol. The second kappa shape index (κ2) is 3.69. The highest BCUT2D eigenvalue weighted by atomic mass is 35.5. The molecule has 0 aliphatic heterocycles. The van der Waals surface area contributed by atoms with Gasteiger partial charge in [-0.1, -0.05) is 11.6 Å². The third kappa shape index (κ3) is 2.38. The van der Waals surface area contributed by atoms with Crippen LogP contribution < -0.4 is 5.73 Å². The summed E-state index contributed by atoms with van der Waals surface area (Å²) in [6, 6.07) is 1.66. The van der Waals surface area contributed by atoms with Gasteiger partial charge in [0.1, 0.15) is 4.90 Å². The van der Waals surface area contributed by atoms with E-state index in [-0.39, 0.29) is 16.3 Å². The second-order valence-corrected chi connectivity index (χ2v) is 4.45. The molecule has 82 valence electrons. The summed E-state index contributed by atoms with van der Waals surface area (Å²) >= 11 is 5.49. The van der Waals surface area contributed by atoms with E-state index in [1.165, 1.54) is 0 Å². The van der Waals surface area contributed by atoms with Crippen LogP contribution in [0.25, 0.3) is 0 Å². The Labute approximate surface area is 90.0 Å². The van der Waals surface area contributed by atoms with Crippen molar-refractivity contribution >= 4 is 33.4 Å². The van der Waals surface area contributed by atoms with Crippen molar-refractivity contribution in [1.82, 2.24) is 0 Å². The van der Waals surface area contributed by atoms with Crippen molar-refractivity contribution in [2.45, 2.75) is 4.90 Å². The number of carboxylic acids is 1. The van der Waals surface area contributed by atoms with Crippen LogP contribution in [-0.4, -0.2) is 24.0 Å². The molecule has 6 nitrogen and oxygen atoms in total. The Kier molecular flexibility index (Phi) is 2.89. The molecule has 0 bridgehead atoms. The van der Waals surface area contributed by atoms with Gasteiger partial charge in [0.15, 0.2) is 0 Å². The molecule has 8 heteroatoms. The number of carboxylic acid groups (broad SMARTS) is 1. The lowest BCUT2D eigenvalue weighted by molar-refractivity contribution is 0.0697. The highest BCUT2D eigenvalue weighted by molar-refractivity contribution is 7.86. The third-order valence-corrected chi connectivity index (χ3v) is 2.83. The topological polar surface area (TPSA) is 118 Å². The van der Waals surface area contributed by atoms with Crippen LogP contribution in [0.2, 0.25) is 5.02 Å².